The maximum absolute atomic E-state index is 12.8. The molecule has 0 bridgehead atoms. The Kier molecular flexibility index (Phi) is 5.03. The highest BCUT2D eigenvalue weighted by Crippen LogP contribution is 2.26. The summed E-state index contributed by atoms with van der Waals surface area (Å²) in [5, 5.41) is 0. The van der Waals surface area contributed by atoms with Gasteiger partial charge in [0, 0.05) is 12.4 Å². The standard InChI is InChI=1S/C17H16F3NO2/c1-11-7-21-8-12(2)15(11)14-5-3-13(4-6-14)9-23-16(22)17(19,20)10-18/h3-8H,9-10H2,1-2H3. The van der Waals surface area contributed by atoms with Gasteiger partial charge in [-0.3, -0.25) is 4.98 Å². The van der Waals surface area contributed by atoms with Gasteiger partial charge in [0.15, 0.2) is 6.67 Å². The summed E-state index contributed by atoms with van der Waals surface area (Å²) in [5.41, 5.74) is 4.58. The van der Waals surface area contributed by atoms with Gasteiger partial charge in [0.2, 0.25) is 0 Å². The Bertz CT molecular complexity index is 679. The van der Waals surface area contributed by atoms with Crippen LogP contribution in [-0.2, 0) is 16.1 Å². The van der Waals surface area contributed by atoms with Gasteiger partial charge >= 0.3 is 11.9 Å². The van der Waals surface area contributed by atoms with E-state index in [9.17, 15) is 18.0 Å². The van der Waals surface area contributed by atoms with Crippen molar-refractivity contribution < 1.29 is 22.7 Å². The zero-order chi connectivity index (χ0) is 17.0. The van der Waals surface area contributed by atoms with E-state index in [0.29, 0.717) is 5.56 Å². The van der Waals surface area contributed by atoms with Crippen LogP contribution in [0.3, 0.4) is 0 Å². The van der Waals surface area contributed by atoms with Crippen molar-refractivity contribution in [3.63, 3.8) is 0 Å². The molecule has 0 unspecified atom stereocenters. The molecule has 0 atom stereocenters. The molecule has 0 N–H and O–H groups in total. The molecule has 6 heteroatoms. The smallest absolute Gasteiger partial charge is 0.380 e. The molecule has 0 saturated heterocycles. The van der Waals surface area contributed by atoms with Crippen molar-refractivity contribution in [2.24, 2.45) is 0 Å². The normalized spacial score (nSPS) is 11.3. The molecule has 0 saturated carbocycles. The monoisotopic (exact) mass is 323 g/mol. The van der Waals surface area contributed by atoms with Gasteiger partial charge in [-0.1, -0.05) is 24.3 Å². The van der Waals surface area contributed by atoms with Crippen LogP contribution >= 0.6 is 0 Å². The molecule has 0 radical (unpaired) electrons. The van der Waals surface area contributed by atoms with E-state index < -0.39 is 18.6 Å². The molecule has 0 aliphatic carbocycles. The zero-order valence-electron chi connectivity index (χ0n) is 12.8. The largest absolute Gasteiger partial charge is 0.456 e. The molecule has 3 nitrogen and oxygen atoms in total. The number of ether oxygens (including phenoxy) is 1. The van der Waals surface area contributed by atoms with Crippen LogP contribution in [0.4, 0.5) is 13.2 Å². The first-order valence-corrected chi connectivity index (χ1v) is 6.96. The molecule has 0 amide bonds. The van der Waals surface area contributed by atoms with E-state index in [1.54, 1.807) is 24.5 Å². The fourth-order valence-electron chi connectivity index (χ4n) is 2.23. The number of alkyl halides is 3. The Morgan fingerprint density at radius 2 is 1.70 bits per heavy atom. The van der Waals surface area contributed by atoms with Crippen molar-refractivity contribution in [2.45, 2.75) is 26.4 Å². The number of esters is 1. The van der Waals surface area contributed by atoms with Crippen molar-refractivity contribution in [1.82, 2.24) is 4.98 Å². The fraction of sp³-hybridized carbons (Fsp3) is 0.294. The average molecular weight is 323 g/mol. The Morgan fingerprint density at radius 1 is 1.13 bits per heavy atom. The van der Waals surface area contributed by atoms with E-state index in [1.807, 2.05) is 26.0 Å². The molecule has 2 aromatic rings. The van der Waals surface area contributed by atoms with Gasteiger partial charge in [-0.25, -0.2) is 9.18 Å². The molecular formula is C17H16F3NO2. The Morgan fingerprint density at radius 3 is 2.22 bits per heavy atom. The van der Waals surface area contributed by atoms with Gasteiger partial charge < -0.3 is 4.74 Å². The average Bonchev–Trinajstić information content (AvgIpc) is 2.53. The van der Waals surface area contributed by atoms with Crippen molar-refractivity contribution in [3.05, 3.63) is 53.3 Å². The number of rotatable bonds is 5. The second kappa shape index (κ2) is 6.81. The van der Waals surface area contributed by atoms with E-state index in [1.165, 1.54) is 0 Å². The van der Waals surface area contributed by atoms with Gasteiger partial charge in [0.1, 0.15) is 6.61 Å². The molecular weight excluding hydrogens is 307 g/mol. The molecule has 1 heterocycles. The Labute approximate surface area is 132 Å². The van der Waals surface area contributed by atoms with Gasteiger partial charge in [0.25, 0.3) is 0 Å². The van der Waals surface area contributed by atoms with Crippen LogP contribution in [0.2, 0.25) is 0 Å². The minimum Gasteiger partial charge on any atom is -0.456 e. The number of aromatic nitrogens is 1. The third-order valence-corrected chi connectivity index (χ3v) is 3.40. The number of halogens is 3. The van der Waals surface area contributed by atoms with Crippen LogP contribution in [0.5, 0.6) is 0 Å². The number of benzene rings is 1. The molecule has 0 spiro atoms. The third kappa shape index (κ3) is 3.88. The SMILES string of the molecule is Cc1cncc(C)c1-c1ccc(COC(=O)C(F)(F)CF)cc1. The lowest BCUT2D eigenvalue weighted by Gasteiger charge is -2.12. The van der Waals surface area contributed by atoms with Crippen LogP contribution in [0.1, 0.15) is 16.7 Å². The summed E-state index contributed by atoms with van der Waals surface area (Å²) in [6, 6.07) is 6.97. The summed E-state index contributed by atoms with van der Waals surface area (Å²) in [5.74, 6) is -5.95. The second-order valence-electron chi connectivity index (χ2n) is 5.26. The highest BCUT2D eigenvalue weighted by molar-refractivity contribution is 5.77. The number of hydrogen-bond acceptors (Lipinski definition) is 3. The summed E-state index contributed by atoms with van der Waals surface area (Å²) in [6.45, 7) is 1.50. The van der Waals surface area contributed by atoms with Crippen LogP contribution < -0.4 is 0 Å². The van der Waals surface area contributed by atoms with Crippen molar-refractivity contribution in [1.29, 1.82) is 0 Å². The number of carbonyl (C=O) groups is 1. The molecule has 0 fully saturated rings. The molecule has 0 aliphatic rings. The molecule has 1 aromatic carbocycles. The van der Waals surface area contributed by atoms with E-state index in [2.05, 4.69) is 9.72 Å². The molecule has 122 valence electrons. The first-order chi connectivity index (χ1) is 10.8. The number of pyridine rings is 1. The van der Waals surface area contributed by atoms with Gasteiger partial charge in [-0.15, -0.1) is 0 Å². The van der Waals surface area contributed by atoms with E-state index >= 15 is 0 Å². The Balaban J connectivity index is 2.10. The van der Waals surface area contributed by atoms with Crippen LogP contribution in [0.25, 0.3) is 11.1 Å². The Hall–Kier alpha value is -2.37. The molecule has 1 aromatic heterocycles. The predicted molar refractivity (Wildman–Crippen MR) is 79.9 cm³/mol. The maximum atomic E-state index is 12.8. The maximum Gasteiger partial charge on any atom is 0.380 e. The van der Waals surface area contributed by atoms with E-state index in [4.69, 9.17) is 0 Å². The van der Waals surface area contributed by atoms with Crippen LogP contribution in [-0.4, -0.2) is 23.6 Å². The van der Waals surface area contributed by atoms with Crippen LogP contribution in [0.15, 0.2) is 36.7 Å². The van der Waals surface area contributed by atoms with Crippen molar-refractivity contribution in [2.75, 3.05) is 6.67 Å². The van der Waals surface area contributed by atoms with Gasteiger partial charge in [0.05, 0.1) is 0 Å². The molecule has 23 heavy (non-hydrogen) atoms. The minimum absolute atomic E-state index is 0.330. The van der Waals surface area contributed by atoms with E-state index in [-0.39, 0.29) is 6.61 Å². The van der Waals surface area contributed by atoms with Crippen LogP contribution in [0, 0.1) is 13.8 Å². The summed E-state index contributed by atoms with van der Waals surface area (Å²) in [6.07, 6.45) is 3.52. The lowest BCUT2D eigenvalue weighted by molar-refractivity contribution is -0.175. The van der Waals surface area contributed by atoms with Crippen molar-refractivity contribution in [3.8, 4) is 11.1 Å². The number of aryl methyl sites for hydroxylation is 2. The first kappa shape index (κ1) is 17.0. The van der Waals surface area contributed by atoms with Gasteiger partial charge in [-0.05, 0) is 41.7 Å². The zero-order valence-corrected chi connectivity index (χ0v) is 12.8. The number of hydrogen-bond donors (Lipinski definition) is 0. The topological polar surface area (TPSA) is 39.2 Å². The summed E-state index contributed by atoms with van der Waals surface area (Å²) in [7, 11) is 0. The lowest BCUT2D eigenvalue weighted by Crippen LogP contribution is -2.32. The quantitative estimate of drug-likeness (QED) is 0.780. The summed E-state index contributed by atoms with van der Waals surface area (Å²) >= 11 is 0. The highest BCUT2D eigenvalue weighted by atomic mass is 19.3. The molecule has 2 rings (SSSR count). The molecule has 0 aliphatic heterocycles. The summed E-state index contributed by atoms with van der Waals surface area (Å²) < 4.78 is 42.0. The number of carbonyl (C=O) groups excluding carboxylic acids is 1. The second-order valence-corrected chi connectivity index (χ2v) is 5.26. The number of nitrogens with zero attached hydrogens (tertiary/aromatic N) is 1. The van der Waals surface area contributed by atoms with E-state index in [0.717, 1.165) is 22.3 Å². The third-order valence-electron chi connectivity index (χ3n) is 3.40. The predicted octanol–water partition coefficient (Wildman–Crippen LogP) is 4.01. The highest BCUT2D eigenvalue weighted by Gasteiger charge is 2.40. The summed E-state index contributed by atoms with van der Waals surface area (Å²) in [4.78, 5) is 15.1. The van der Waals surface area contributed by atoms with Crippen molar-refractivity contribution >= 4 is 5.97 Å². The van der Waals surface area contributed by atoms with Gasteiger partial charge in [-0.2, -0.15) is 8.78 Å². The minimum atomic E-state index is -4.09. The lowest BCUT2D eigenvalue weighted by atomic mass is 9.97. The first-order valence-electron chi connectivity index (χ1n) is 6.96. The fourth-order valence-corrected chi connectivity index (χ4v) is 2.23.